The average molecular weight is 307 g/mol. The quantitative estimate of drug-likeness (QED) is 0.413. The van der Waals surface area contributed by atoms with Crippen molar-refractivity contribution in [2.45, 2.75) is 18.5 Å². The number of aromatic nitrogens is 3. The number of phenolic OH excluding ortho intramolecular Hbond substituents is 1. The summed E-state index contributed by atoms with van der Waals surface area (Å²) < 4.78 is 5.03. The van der Waals surface area contributed by atoms with Gasteiger partial charge in [-0.15, -0.1) is 5.10 Å². The van der Waals surface area contributed by atoms with Crippen LogP contribution in [0.1, 0.15) is 18.9 Å². The number of hydrogen-bond acceptors (Lipinski definition) is 7. The smallest absolute Gasteiger partial charge is 0.240 e. The number of aromatic hydroxyl groups is 1. The van der Waals surface area contributed by atoms with E-state index < -0.39 is 0 Å². The first-order valence-corrected chi connectivity index (χ1v) is 7.43. The van der Waals surface area contributed by atoms with Crippen LogP contribution in [0.4, 0.5) is 5.95 Å². The molecule has 1 heterocycles. The number of nitrogens with zero attached hydrogens (tertiary/aromatic N) is 3. The van der Waals surface area contributed by atoms with Crippen molar-refractivity contribution in [1.29, 1.82) is 0 Å². The number of hydrazone groups is 1. The van der Waals surface area contributed by atoms with Crippen LogP contribution in [0, 0.1) is 0 Å². The van der Waals surface area contributed by atoms with Crippen LogP contribution in [0.2, 0.25) is 0 Å². The molecule has 7 nitrogen and oxygen atoms in total. The van der Waals surface area contributed by atoms with Crippen LogP contribution < -0.4 is 10.2 Å². The van der Waals surface area contributed by atoms with Crippen molar-refractivity contribution < 1.29 is 9.84 Å². The molecular formula is C13H17N5O2S. The summed E-state index contributed by atoms with van der Waals surface area (Å²) in [6.45, 7) is 2.10. The summed E-state index contributed by atoms with van der Waals surface area (Å²) in [6, 6.07) is 5.17. The Labute approximate surface area is 126 Å². The van der Waals surface area contributed by atoms with Gasteiger partial charge in [-0.3, -0.25) is 0 Å². The molecule has 112 valence electrons. The molecule has 0 saturated heterocycles. The van der Waals surface area contributed by atoms with Crippen molar-refractivity contribution in [3.05, 3.63) is 23.8 Å². The number of thioether (sulfide) groups is 1. The molecule has 1 aromatic carbocycles. The maximum Gasteiger partial charge on any atom is 0.240 e. The molecule has 0 aliphatic carbocycles. The van der Waals surface area contributed by atoms with E-state index in [1.807, 2.05) is 0 Å². The van der Waals surface area contributed by atoms with Crippen LogP contribution in [0.25, 0.3) is 0 Å². The third-order valence-corrected chi connectivity index (χ3v) is 3.58. The molecule has 0 amide bonds. The van der Waals surface area contributed by atoms with E-state index in [9.17, 15) is 5.11 Å². The lowest BCUT2D eigenvalue weighted by molar-refractivity contribution is 0.373. The van der Waals surface area contributed by atoms with Gasteiger partial charge in [-0.05, 0) is 18.6 Å². The number of aromatic amines is 1. The first-order chi connectivity index (χ1) is 10.2. The van der Waals surface area contributed by atoms with Crippen LogP contribution >= 0.6 is 11.8 Å². The van der Waals surface area contributed by atoms with E-state index in [1.165, 1.54) is 13.3 Å². The summed E-state index contributed by atoms with van der Waals surface area (Å²) in [5, 5.41) is 21.4. The zero-order valence-electron chi connectivity index (χ0n) is 11.8. The summed E-state index contributed by atoms with van der Waals surface area (Å²) in [5.74, 6) is 1.87. The molecule has 3 N–H and O–H groups in total. The van der Waals surface area contributed by atoms with Crippen LogP contribution in [0.5, 0.6) is 11.5 Å². The van der Waals surface area contributed by atoms with Crippen LogP contribution in [0.3, 0.4) is 0 Å². The Morgan fingerprint density at radius 1 is 1.52 bits per heavy atom. The number of para-hydroxylation sites is 1. The summed E-state index contributed by atoms with van der Waals surface area (Å²) >= 11 is 1.58. The lowest BCUT2D eigenvalue weighted by Gasteiger charge is -2.04. The van der Waals surface area contributed by atoms with E-state index in [2.05, 4.69) is 32.6 Å². The Balaban J connectivity index is 1.97. The lowest BCUT2D eigenvalue weighted by Crippen LogP contribution is -1.94. The number of rotatable bonds is 7. The standard InChI is InChI=1S/C13H17N5O2S/c1-3-7-21-13-15-12(17-18-13)16-14-8-9-5-4-6-10(20-2)11(9)19/h4-6,8,19H,3,7H2,1-2H3,(H2,15,16,17,18). The maximum atomic E-state index is 9.90. The highest BCUT2D eigenvalue weighted by Gasteiger charge is 2.05. The van der Waals surface area contributed by atoms with Gasteiger partial charge in [0.25, 0.3) is 0 Å². The third kappa shape index (κ3) is 4.12. The molecule has 0 radical (unpaired) electrons. The SMILES string of the molecule is CCCSc1n[nH]c(NN=Cc2cccc(OC)c2O)n1. The molecule has 0 saturated carbocycles. The predicted molar refractivity (Wildman–Crippen MR) is 83.3 cm³/mol. The van der Waals surface area contributed by atoms with E-state index >= 15 is 0 Å². The largest absolute Gasteiger partial charge is 0.504 e. The maximum absolute atomic E-state index is 9.90. The second kappa shape index (κ2) is 7.53. The molecule has 0 aliphatic heterocycles. The van der Waals surface area contributed by atoms with Gasteiger partial charge in [0, 0.05) is 11.3 Å². The molecule has 0 aliphatic rings. The average Bonchev–Trinajstić information content (AvgIpc) is 2.95. The molecule has 0 bridgehead atoms. The van der Waals surface area contributed by atoms with Gasteiger partial charge in [-0.25, -0.2) is 10.5 Å². The lowest BCUT2D eigenvalue weighted by atomic mass is 10.2. The van der Waals surface area contributed by atoms with Gasteiger partial charge in [0.15, 0.2) is 11.5 Å². The number of H-pyrrole nitrogens is 1. The van der Waals surface area contributed by atoms with Gasteiger partial charge in [-0.1, -0.05) is 24.8 Å². The van der Waals surface area contributed by atoms with Crippen LogP contribution in [0.15, 0.2) is 28.5 Å². The molecule has 2 rings (SSSR count). The van der Waals surface area contributed by atoms with Crippen molar-refractivity contribution in [3.8, 4) is 11.5 Å². The second-order valence-electron chi connectivity index (χ2n) is 4.08. The van der Waals surface area contributed by atoms with Crippen LogP contribution in [-0.2, 0) is 0 Å². The monoisotopic (exact) mass is 307 g/mol. The molecule has 1 aromatic heterocycles. The van der Waals surface area contributed by atoms with Gasteiger partial charge in [0.05, 0.1) is 13.3 Å². The Morgan fingerprint density at radius 2 is 2.38 bits per heavy atom. The molecule has 2 aromatic rings. The molecule has 0 fully saturated rings. The van der Waals surface area contributed by atoms with E-state index in [1.54, 1.807) is 30.0 Å². The van der Waals surface area contributed by atoms with Crippen LogP contribution in [-0.4, -0.2) is 39.4 Å². The number of nitrogens with one attached hydrogen (secondary N) is 2. The van der Waals surface area contributed by atoms with Crippen molar-refractivity contribution in [2.75, 3.05) is 18.3 Å². The fourth-order valence-electron chi connectivity index (χ4n) is 1.53. The number of hydrogen-bond donors (Lipinski definition) is 3. The molecule has 0 atom stereocenters. The Morgan fingerprint density at radius 3 is 3.14 bits per heavy atom. The summed E-state index contributed by atoms with van der Waals surface area (Å²) in [7, 11) is 1.50. The molecular weight excluding hydrogens is 290 g/mol. The summed E-state index contributed by atoms with van der Waals surface area (Å²) in [4.78, 5) is 4.22. The molecule has 0 spiro atoms. The Hall–Kier alpha value is -2.22. The third-order valence-electron chi connectivity index (χ3n) is 2.52. The molecule has 8 heteroatoms. The molecule has 0 unspecified atom stereocenters. The first kappa shape index (κ1) is 15.2. The highest BCUT2D eigenvalue weighted by molar-refractivity contribution is 7.99. The van der Waals surface area contributed by atoms with E-state index in [-0.39, 0.29) is 5.75 Å². The fourth-order valence-corrected chi connectivity index (χ4v) is 2.18. The fraction of sp³-hybridized carbons (Fsp3) is 0.308. The second-order valence-corrected chi connectivity index (χ2v) is 5.15. The topological polar surface area (TPSA) is 95.4 Å². The minimum absolute atomic E-state index is 0.0438. The highest BCUT2D eigenvalue weighted by atomic mass is 32.2. The Bertz CT molecular complexity index is 614. The number of phenols is 1. The van der Waals surface area contributed by atoms with Gasteiger partial charge >= 0.3 is 0 Å². The van der Waals surface area contributed by atoms with Gasteiger partial charge in [-0.2, -0.15) is 10.1 Å². The highest BCUT2D eigenvalue weighted by Crippen LogP contribution is 2.27. The zero-order chi connectivity index (χ0) is 15.1. The minimum atomic E-state index is 0.0438. The van der Waals surface area contributed by atoms with Gasteiger partial charge < -0.3 is 9.84 Å². The number of ether oxygens (including phenoxy) is 1. The summed E-state index contributed by atoms with van der Waals surface area (Å²) in [5.41, 5.74) is 3.27. The summed E-state index contributed by atoms with van der Waals surface area (Å²) in [6.07, 6.45) is 2.55. The number of anilines is 1. The van der Waals surface area contributed by atoms with E-state index in [0.29, 0.717) is 22.4 Å². The van der Waals surface area contributed by atoms with Gasteiger partial charge in [0.1, 0.15) is 0 Å². The first-order valence-electron chi connectivity index (χ1n) is 6.44. The normalized spacial score (nSPS) is 11.0. The minimum Gasteiger partial charge on any atom is -0.504 e. The van der Waals surface area contributed by atoms with Gasteiger partial charge in [0.2, 0.25) is 11.1 Å². The zero-order valence-corrected chi connectivity index (χ0v) is 12.6. The number of methoxy groups -OCH3 is 1. The van der Waals surface area contributed by atoms with E-state index in [4.69, 9.17) is 4.74 Å². The van der Waals surface area contributed by atoms with Crippen molar-refractivity contribution in [1.82, 2.24) is 15.2 Å². The number of benzene rings is 1. The van der Waals surface area contributed by atoms with Crippen molar-refractivity contribution in [3.63, 3.8) is 0 Å². The Kier molecular flexibility index (Phi) is 5.44. The predicted octanol–water partition coefficient (Wildman–Crippen LogP) is 2.47. The van der Waals surface area contributed by atoms with Crippen molar-refractivity contribution in [2.24, 2.45) is 5.10 Å². The molecule has 21 heavy (non-hydrogen) atoms. The van der Waals surface area contributed by atoms with Crippen molar-refractivity contribution >= 4 is 23.9 Å². The van der Waals surface area contributed by atoms with E-state index in [0.717, 1.165) is 12.2 Å².